The van der Waals surface area contributed by atoms with E-state index in [2.05, 4.69) is 36.7 Å². The third-order valence-corrected chi connectivity index (χ3v) is 3.55. The maximum atomic E-state index is 9.41. The van der Waals surface area contributed by atoms with Gasteiger partial charge in [0.2, 0.25) is 0 Å². The van der Waals surface area contributed by atoms with Crippen molar-refractivity contribution in [1.82, 2.24) is 4.57 Å². The molecule has 2 rings (SSSR count). The van der Waals surface area contributed by atoms with Crippen LogP contribution in [0.5, 0.6) is 0 Å². The predicted octanol–water partition coefficient (Wildman–Crippen LogP) is 2.95. The Bertz CT molecular complexity index is 528. The van der Waals surface area contributed by atoms with Crippen molar-refractivity contribution in [3.63, 3.8) is 0 Å². The molecule has 0 radical (unpaired) electrons. The van der Waals surface area contributed by atoms with Crippen LogP contribution in [0, 0.1) is 0 Å². The Balaban J connectivity index is 2.29. The van der Waals surface area contributed by atoms with Crippen LogP contribution in [-0.2, 0) is 17.9 Å². The Morgan fingerprint density at radius 3 is 2.72 bits per heavy atom. The number of hydrogen-bond acceptors (Lipinski definition) is 2. The van der Waals surface area contributed by atoms with Crippen molar-refractivity contribution in [1.29, 1.82) is 0 Å². The monoisotopic (exact) mass is 247 g/mol. The van der Waals surface area contributed by atoms with Crippen LogP contribution in [-0.4, -0.2) is 22.4 Å². The van der Waals surface area contributed by atoms with Crippen molar-refractivity contribution in [2.45, 2.75) is 39.0 Å². The second kappa shape index (κ2) is 5.12. The summed E-state index contributed by atoms with van der Waals surface area (Å²) in [5, 5.41) is 10.6. The largest absolute Gasteiger partial charge is 0.392 e. The van der Waals surface area contributed by atoms with Gasteiger partial charge in [0, 0.05) is 25.4 Å². The van der Waals surface area contributed by atoms with Gasteiger partial charge < -0.3 is 14.4 Å². The molecule has 0 atom stereocenters. The lowest BCUT2D eigenvalue weighted by molar-refractivity contribution is 0.0123. The Kier molecular flexibility index (Phi) is 3.73. The van der Waals surface area contributed by atoms with Crippen LogP contribution in [0.1, 0.15) is 25.8 Å². The summed E-state index contributed by atoms with van der Waals surface area (Å²) in [7, 11) is 1.74. The molecule has 0 amide bonds. The highest BCUT2D eigenvalue weighted by molar-refractivity contribution is 5.83. The molecular formula is C15H21NO2. The van der Waals surface area contributed by atoms with Gasteiger partial charge in [-0.15, -0.1) is 0 Å². The van der Waals surface area contributed by atoms with E-state index >= 15 is 0 Å². The molecule has 0 saturated heterocycles. The highest BCUT2D eigenvalue weighted by Gasteiger charge is 2.16. The number of fused-ring (bicyclic) bond motifs is 1. The van der Waals surface area contributed by atoms with E-state index in [0.717, 1.165) is 24.0 Å². The van der Waals surface area contributed by atoms with Crippen molar-refractivity contribution in [2.75, 3.05) is 7.11 Å². The van der Waals surface area contributed by atoms with Crippen LogP contribution < -0.4 is 0 Å². The molecule has 0 aliphatic heterocycles. The normalized spacial score (nSPS) is 12.2. The molecule has 0 aliphatic carbocycles. The zero-order valence-corrected chi connectivity index (χ0v) is 11.3. The summed E-state index contributed by atoms with van der Waals surface area (Å²) in [5.74, 6) is 0. The van der Waals surface area contributed by atoms with Crippen LogP contribution in [0.2, 0.25) is 0 Å². The zero-order chi connectivity index (χ0) is 13.2. The number of aryl methyl sites for hydroxylation is 1. The van der Waals surface area contributed by atoms with E-state index in [-0.39, 0.29) is 12.2 Å². The molecule has 0 aliphatic rings. The first-order valence-electron chi connectivity index (χ1n) is 6.30. The Labute approximate surface area is 108 Å². The lowest BCUT2D eigenvalue weighted by atomic mass is 10.1. The third-order valence-electron chi connectivity index (χ3n) is 3.55. The van der Waals surface area contributed by atoms with Gasteiger partial charge in [0.1, 0.15) is 0 Å². The fraction of sp³-hybridized carbons (Fsp3) is 0.467. The van der Waals surface area contributed by atoms with E-state index < -0.39 is 0 Å². The third kappa shape index (κ3) is 2.57. The molecule has 98 valence electrons. The SMILES string of the molecule is COC(C)(C)CCn1ccc2cccc(CO)c21. The van der Waals surface area contributed by atoms with E-state index in [9.17, 15) is 5.11 Å². The summed E-state index contributed by atoms with van der Waals surface area (Å²) >= 11 is 0. The first-order chi connectivity index (χ1) is 8.57. The molecule has 1 heterocycles. The molecular weight excluding hydrogens is 226 g/mol. The molecule has 0 bridgehead atoms. The number of aliphatic hydroxyl groups is 1. The van der Waals surface area contributed by atoms with Gasteiger partial charge in [0.25, 0.3) is 0 Å². The van der Waals surface area contributed by atoms with Crippen LogP contribution >= 0.6 is 0 Å². The number of para-hydroxylation sites is 1. The summed E-state index contributed by atoms with van der Waals surface area (Å²) in [5.41, 5.74) is 1.99. The summed E-state index contributed by atoms with van der Waals surface area (Å²) in [6.07, 6.45) is 3.02. The Morgan fingerprint density at radius 1 is 1.28 bits per heavy atom. The lowest BCUT2D eigenvalue weighted by Crippen LogP contribution is -2.24. The first kappa shape index (κ1) is 13.1. The van der Waals surface area contributed by atoms with Gasteiger partial charge in [-0.05, 0) is 31.7 Å². The molecule has 2 aromatic rings. The van der Waals surface area contributed by atoms with Gasteiger partial charge in [-0.1, -0.05) is 18.2 Å². The summed E-state index contributed by atoms with van der Waals surface area (Å²) in [4.78, 5) is 0. The maximum absolute atomic E-state index is 9.41. The highest BCUT2D eigenvalue weighted by Crippen LogP contribution is 2.22. The van der Waals surface area contributed by atoms with Gasteiger partial charge >= 0.3 is 0 Å². The molecule has 3 nitrogen and oxygen atoms in total. The average molecular weight is 247 g/mol. The van der Waals surface area contributed by atoms with E-state index in [1.165, 1.54) is 5.39 Å². The second-order valence-electron chi connectivity index (χ2n) is 5.24. The van der Waals surface area contributed by atoms with Crippen molar-refractivity contribution < 1.29 is 9.84 Å². The molecule has 1 N–H and O–H groups in total. The standard InChI is InChI=1S/C15H21NO2/c1-15(2,18-3)8-10-16-9-7-12-5-4-6-13(11-17)14(12)16/h4-7,9,17H,8,10-11H2,1-3H3. The topological polar surface area (TPSA) is 34.4 Å². The number of nitrogens with zero attached hydrogens (tertiary/aromatic N) is 1. The molecule has 0 unspecified atom stereocenters. The lowest BCUT2D eigenvalue weighted by Gasteiger charge is -2.23. The summed E-state index contributed by atoms with van der Waals surface area (Å²) < 4.78 is 7.64. The van der Waals surface area contributed by atoms with Gasteiger partial charge in [-0.2, -0.15) is 0 Å². The minimum atomic E-state index is -0.120. The van der Waals surface area contributed by atoms with Crippen LogP contribution in [0.15, 0.2) is 30.5 Å². The molecule has 3 heteroatoms. The van der Waals surface area contributed by atoms with Gasteiger partial charge in [0.15, 0.2) is 0 Å². The number of benzene rings is 1. The van der Waals surface area contributed by atoms with Crippen LogP contribution in [0.4, 0.5) is 0 Å². The van der Waals surface area contributed by atoms with Gasteiger partial charge in [0.05, 0.1) is 17.7 Å². The molecule has 0 fully saturated rings. The minimum absolute atomic E-state index is 0.0784. The van der Waals surface area contributed by atoms with E-state index in [1.54, 1.807) is 7.11 Å². The average Bonchev–Trinajstić information content (AvgIpc) is 2.79. The molecule has 1 aromatic heterocycles. The number of rotatable bonds is 5. The summed E-state index contributed by atoms with van der Waals surface area (Å²) in [6.45, 7) is 5.15. The quantitative estimate of drug-likeness (QED) is 0.881. The predicted molar refractivity (Wildman–Crippen MR) is 73.6 cm³/mol. The van der Waals surface area contributed by atoms with Crippen LogP contribution in [0.25, 0.3) is 10.9 Å². The molecule has 0 saturated carbocycles. The van der Waals surface area contributed by atoms with E-state index in [4.69, 9.17) is 4.74 Å². The molecule has 1 aromatic carbocycles. The number of ether oxygens (including phenoxy) is 1. The van der Waals surface area contributed by atoms with E-state index in [0.29, 0.717) is 0 Å². The van der Waals surface area contributed by atoms with Crippen molar-refractivity contribution in [3.8, 4) is 0 Å². The van der Waals surface area contributed by atoms with Crippen molar-refractivity contribution in [3.05, 3.63) is 36.0 Å². The zero-order valence-electron chi connectivity index (χ0n) is 11.3. The summed E-state index contributed by atoms with van der Waals surface area (Å²) in [6, 6.07) is 8.12. The molecule has 0 spiro atoms. The van der Waals surface area contributed by atoms with E-state index in [1.807, 2.05) is 12.1 Å². The highest BCUT2D eigenvalue weighted by atomic mass is 16.5. The Morgan fingerprint density at radius 2 is 2.06 bits per heavy atom. The van der Waals surface area contributed by atoms with Crippen molar-refractivity contribution >= 4 is 10.9 Å². The maximum Gasteiger partial charge on any atom is 0.0702 e. The number of aromatic nitrogens is 1. The van der Waals surface area contributed by atoms with Gasteiger partial charge in [-0.3, -0.25) is 0 Å². The number of aliphatic hydroxyl groups excluding tert-OH is 1. The Hall–Kier alpha value is -1.32. The minimum Gasteiger partial charge on any atom is -0.392 e. The molecule has 18 heavy (non-hydrogen) atoms. The second-order valence-corrected chi connectivity index (χ2v) is 5.24. The fourth-order valence-electron chi connectivity index (χ4n) is 2.15. The fourth-order valence-corrected chi connectivity index (χ4v) is 2.15. The number of hydrogen-bond donors (Lipinski definition) is 1. The van der Waals surface area contributed by atoms with Crippen LogP contribution in [0.3, 0.4) is 0 Å². The van der Waals surface area contributed by atoms with Crippen molar-refractivity contribution in [2.24, 2.45) is 0 Å². The smallest absolute Gasteiger partial charge is 0.0702 e. The number of methoxy groups -OCH3 is 1. The first-order valence-corrected chi connectivity index (χ1v) is 6.30. The van der Waals surface area contributed by atoms with Gasteiger partial charge in [-0.25, -0.2) is 0 Å².